The molecule has 0 atom stereocenters. The van der Waals surface area contributed by atoms with Crippen LogP contribution in [0.3, 0.4) is 0 Å². The maximum absolute atomic E-state index is 5.60. The molecule has 6 heteroatoms. The molecule has 0 aliphatic carbocycles. The van der Waals surface area contributed by atoms with Crippen molar-refractivity contribution in [1.29, 1.82) is 0 Å². The lowest BCUT2D eigenvalue weighted by atomic mass is 10.4. The summed E-state index contributed by atoms with van der Waals surface area (Å²) in [5.74, 6) is 0. The fourth-order valence-corrected chi connectivity index (χ4v) is 3.52. The zero-order valence-corrected chi connectivity index (χ0v) is 12.4. The van der Waals surface area contributed by atoms with E-state index in [9.17, 15) is 0 Å². The van der Waals surface area contributed by atoms with Crippen molar-refractivity contribution in [1.82, 2.24) is 0 Å². The SMILES string of the molecule is CCCC(=S)O[Si](OCC)(OCC)OCC. The van der Waals surface area contributed by atoms with Crippen molar-refractivity contribution in [3.8, 4) is 0 Å². The topological polar surface area (TPSA) is 36.9 Å². The van der Waals surface area contributed by atoms with Crippen molar-refractivity contribution in [3.63, 3.8) is 0 Å². The normalized spacial score (nSPS) is 11.5. The van der Waals surface area contributed by atoms with Gasteiger partial charge < -0.3 is 17.7 Å². The summed E-state index contributed by atoms with van der Waals surface area (Å²) in [6.07, 6.45) is 1.66. The first-order valence-electron chi connectivity index (χ1n) is 5.77. The standard InChI is InChI=1S/C10H22O4SSi/c1-5-9-10(15)14-16(11-6-2,12-7-3)13-8-4/h5-9H2,1-4H3. The molecule has 4 nitrogen and oxygen atoms in total. The summed E-state index contributed by atoms with van der Waals surface area (Å²) in [4.78, 5) is 0. The summed E-state index contributed by atoms with van der Waals surface area (Å²) < 4.78 is 22.1. The molecule has 96 valence electrons. The molecule has 0 saturated heterocycles. The van der Waals surface area contributed by atoms with E-state index in [0.717, 1.165) is 12.8 Å². The number of thiocarbonyl (C=S) groups is 1. The number of rotatable bonds is 9. The minimum Gasteiger partial charge on any atom is -0.474 e. The van der Waals surface area contributed by atoms with Gasteiger partial charge in [0.25, 0.3) is 0 Å². The Balaban J connectivity index is 4.51. The van der Waals surface area contributed by atoms with E-state index in [1.54, 1.807) is 0 Å². The Morgan fingerprint density at radius 2 is 1.38 bits per heavy atom. The van der Waals surface area contributed by atoms with Crippen LogP contribution >= 0.6 is 12.2 Å². The molecule has 0 bridgehead atoms. The minimum atomic E-state index is -3.04. The molecule has 0 N–H and O–H groups in total. The Morgan fingerprint density at radius 3 is 1.69 bits per heavy atom. The van der Waals surface area contributed by atoms with Gasteiger partial charge in [-0.1, -0.05) is 6.92 Å². The average molecular weight is 266 g/mol. The van der Waals surface area contributed by atoms with Gasteiger partial charge in [0.2, 0.25) is 0 Å². The first kappa shape index (κ1) is 16.0. The van der Waals surface area contributed by atoms with Crippen molar-refractivity contribution in [2.75, 3.05) is 19.8 Å². The van der Waals surface area contributed by atoms with Gasteiger partial charge in [0.05, 0.1) is 0 Å². The van der Waals surface area contributed by atoms with E-state index >= 15 is 0 Å². The Morgan fingerprint density at radius 1 is 0.938 bits per heavy atom. The van der Waals surface area contributed by atoms with Crippen LogP contribution in [0.4, 0.5) is 0 Å². The zero-order valence-electron chi connectivity index (χ0n) is 10.6. The molecule has 0 aliphatic rings. The predicted octanol–water partition coefficient (Wildman–Crippen LogP) is 2.68. The molecule has 0 amide bonds. The molecule has 0 unspecified atom stereocenters. The van der Waals surface area contributed by atoms with Gasteiger partial charge in [0.1, 0.15) is 0 Å². The van der Waals surface area contributed by atoms with Crippen molar-refractivity contribution in [2.24, 2.45) is 0 Å². The molecule has 16 heavy (non-hydrogen) atoms. The smallest absolute Gasteiger partial charge is 0.474 e. The van der Waals surface area contributed by atoms with E-state index in [1.165, 1.54) is 0 Å². The second kappa shape index (κ2) is 9.06. The quantitative estimate of drug-likeness (QED) is 0.474. The molecule has 0 aromatic carbocycles. The van der Waals surface area contributed by atoms with Gasteiger partial charge in [0, 0.05) is 26.2 Å². The van der Waals surface area contributed by atoms with Crippen LogP contribution < -0.4 is 0 Å². The van der Waals surface area contributed by atoms with Crippen LogP contribution in [0.1, 0.15) is 40.5 Å². The van der Waals surface area contributed by atoms with Crippen LogP contribution in [0.25, 0.3) is 0 Å². The fourth-order valence-electron chi connectivity index (χ4n) is 1.14. The van der Waals surface area contributed by atoms with Crippen molar-refractivity contribution in [2.45, 2.75) is 40.5 Å². The maximum atomic E-state index is 5.60. The summed E-state index contributed by atoms with van der Waals surface area (Å²) in [5.41, 5.74) is 0. The molecule has 0 saturated carbocycles. The molecule has 0 rings (SSSR count). The highest BCUT2D eigenvalue weighted by atomic mass is 32.1. The van der Waals surface area contributed by atoms with Gasteiger partial charge in [-0.2, -0.15) is 0 Å². The Hall–Kier alpha value is -0.0131. The third-order valence-electron chi connectivity index (χ3n) is 1.66. The van der Waals surface area contributed by atoms with Gasteiger partial charge in [0.15, 0.2) is 5.05 Å². The molecular formula is C10H22O4SSi. The molecule has 0 spiro atoms. The summed E-state index contributed by atoms with van der Waals surface area (Å²) >= 11 is 5.12. The molecule has 0 fully saturated rings. The number of hydrogen-bond donors (Lipinski definition) is 0. The highest BCUT2D eigenvalue weighted by molar-refractivity contribution is 7.80. The summed E-state index contributed by atoms with van der Waals surface area (Å²) in [6, 6.07) is 0. The molecule has 0 radical (unpaired) electrons. The Kier molecular flexibility index (Phi) is 9.05. The molecular weight excluding hydrogens is 244 g/mol. The van der Waals surface area contributed by atoms with Gasteiger partial charge >= 0.3 is 9.05 Å². The van der Waals surface area contributed by atoms with E-state index in [0.29, 0.717) is 24.9 Å². The first-order valence-corrected chi connectivity index (χ1v) is 7.81. The summed E-state index contributed by atoms with van der Waals surface area (Å²) in [5, 5.41) is 0.504. The van der Waals surface area contributed by atoms with Gasteiger partial charge in [-0.25, -0.2) is 0 Å². The van der Waals surface area contributed by atoms with E-state index in [1.807, 2.05) is 27.7 Å². The summed E-state index contributed by atoms with van der Waals surface area (Å²) in [7, 11) is -3.04. The molecule has 0 aromatic heterocycles. The van der Waals surface area contributed by atoms with Crippen molar-refractivity contribution >= 4 is 26.3 Å². The monoisotopic (exact) mass is 266 g/mol. The number of hydrogen-bond acceptors (Lipinski definition) is 5. The lowest BCUT2D eigenvalue weighted by Crippen LogP contribution is -2.50. The first-order chi connectivity index (χ1) is 7.64. The molecule has 0 aliphatic heterocycles. The second-order valence-corrected chi connectivity index (χ2v) is 5.55. The average Bonchev–Trinajstić information content (AvgIpc) is 2.18. The minimum absolute atomic E-state index is 0.487. The van der Waals surface area contributed by atoms with Gasteiger partial charge in [-0.05, 0) is 39.4 Å². The largest absolute Gasteiger partial charge is 0.750 e. The van der Waals surface area contributed by atoms with Gasteiger partial charge in [-0.3, -0.25) is 0 Å². The lowest BCUT2D eigenvalue weighted by Gasteiger charge is -2.27. The zero-order chi connectivity index (χ0) is 12.4. The van der Waals surface area contributed by atoms with Crippen LogP contribution in [0.15, 0.2) is 0 Å². The lowest BCUT2D eigenvalue weighted by molar-refractivity contribution is 0.00614. The van der Waals surface area contributed by atoms with Crippen molar-refractivity contribution in [3.05, 3.63) is 0 Å². The predicted molar refractivity (Wildman–Crippen MR) is 69.2 cm³/mol. The van der Waals surface area contributed by atoms with Crippen LogP contribution in [0, 0.1) is 0 Å². The Labute approximate surface area is 105 Å². The Bertz CT molecular complexity index is 184. The van der Waals surface area contributed by atoms with E-state index in [-0.39, 0.29) is 0 Å². The van der Waals surface area contributed by atoms with E-state index in [4.69, 9.17) is 29.9 Å². The third kappa shape index (κ3) is 5.91. The highest BCUT2D eigenvalue weighted by Crippen LogP contribution is 2.14. The molecule has 0 heterocycles. The highest BCUT2D eigenvalue weighted by Gasteiger charge is 2.48. The van der Waals surface area contributed by atoms with E-state index in [2.05, 4.69) is 0 Å². The maximum Gasteiger partial charge on any atom is 0.750 e. The molecule has 0 aromatic rings. The second-order valence-electron chi connectivity index (χ2n) is 3.02. The van der Waals surface area contributed by atoms with Crippen molar-refractivity contribution < 1.29 is 17.7 Å². The van der Waals surface area contributed by atoms with Crippen LogP contribution in [-0.4, -0.2) is 33.9 Å². The van der Waals surface area contributed by atoms with Crippen LogP contribution in [0.5, 0.6) is 0 Å². The van der Waals surface area contributed by atoms with E-state index < -0.39 is 9.05 Å². The third-order valence-corrected chi connectivity index (χ3v) is 4.51. The fraction of sp³-hybridized carbons (Fsp3) is 0.900. The van der Waals surface area contributed by atoms with Gasteiger partial charge in [-0.15, -0.1) is 0 Å². The van der Waals surface area contributed by atoms with Crippen LogP contribution in [-0.2, 0) is 17.7 Å². The van der Waals surface area contributed by atoms with Crippen LogP contribution in [0.2, 0.25) is 0 Å². The summed E-state index contributed by atoms with van der Waals surface area (Å²) in [6.45, 7) is 9.15.